The summed E-state index contributed by atoms with van der Waals surface area (Å²) in [6.45, 7) is 13.5. The minimum absolute atomic E-state index is 0.148. The van der Waals surface area contributed by atoms with Gasteiger partial charge in [0, 0.05) is 27.8 Å². The predicted molar refractivity (Wildman–Crippen MR) is 87.0 cm³/mol. The smallest absolute Gasteiger partial charge is 0.0374 e. The van der Waals surface area contributed by atoms with Gasteiger partial charge < -0.3 is 10.2 Å². The maximum Gasteiger partial charge on any atom is 0.0374 e. The van der Waals surface area contributed by atoms with Crippen LogP contribution in [0.2, 0.25) is 0 Å². The van der Waals surface area contributed by atoms with Crippen LogP contribution in [0.25, 0.3) is 0 Å². The van der Waals surface area contributed by atoms with Gasteiger partial charge in [-0.2, -0.15) is 0 Å². The Labute approximate surface area is 125 Å². The summed E-state index contributed by atoms with van der Waals surface area (Å²) in [5, 5.41) is 3.65. The summed E-state index contributed by atoms with van der Waals surface area (Å²) in [6.07, 6.45) is 1.16. The lowest BCUT2D eigenvalue weighted by Crippen LogP contribution is -2.51. The van der Waals surface area contributed by atoms with Crippen LogP contribution in [-0.4, -0.2) is 24.2 Å². The SMILES string of the molecule is Cc1cc(N2CC(C)(C)NCCC2(C)C)ccc1Br. The Morgan fingerprint density at radius 1 is 1.21 bits per heavy atom. The summed E-state index contributed by atoms with van der Waals surface area (Å²) in [4.78, 5) is 2.55. The van der Waals surface area contributed by atoms with Crippen molar-refractivity contribution in [1.82, 2.24) is 5.32 Å². The van der Waals surface area contributed by atoms with Gasteiger partial charge in [-0.1, -0.05) is 15.9 Å². The molecule has 0 aliphatic carbocycles. The molecular formula is C16H25BrN2. The average molecular weight is 325 g/mol. The number of hydrogen-bond donors (Lipinski definition) is 1. The molecule has 0 radical (unpaired) electrons. The molecule has 1 aliphatic rings. The Kier molecular flexibility index (Phi) is 3.99. The molecule has 1 N–H and O–H groups in total. The van der Waals surface area contributed by atoms with E-state index in [1.807, 2.05) is 0 Å². The molecule has 1 saturated heterocycles. The van der Waals surface area contributed by atoms with Crippen LogP contribution in [0.15, 0.2) is 22.7 Å². The minimum Gasteiger partial charge on any atom is -0.365 e. The van der Waals surface area contributed by atoms with Gasteiger partial charge in [-0.15, -0.1) is 0 Å². The highest BCUT2D eigenvalue weighted by molar-refractivity contribution is 9.10. The van der Waals surface area contributed by atoms with Crippen LogP contribution in [0, 0.1) is 6.92 Å². The van der Waals surface area contributed by atoms with Gasteiger partial charge in [0.25, 0.3) is 0 Å². The van der Waals surface area contributed by atoms with Gasteiger partial charge in [0.05, 0.1) is 0 Å². The summed E-state index contributed by atoms with van der Waals surface area (Å²) < 4.78 is 1.18. The van der Waals surface area contributed by atoms with Crippen molar-refractivity contribution in [1.29, 1.82) is 0 Å². The van der Waals surface area contributed by atoms with Gasteiger partial charge in [0.1, 0.15) is 0 Å². The largest absolute Gasteiger partial charge is 0.365 e. The van der Waals surface area contributed by atoms with E-state index < -0.39 is 0 Å². The molecule has 1 heterocycles. The maximum atomic E-state index is 3.65. The van der Waals surface area contributed by atoms with E-state index in [0.29, 0.717) is 0 Å². The Balaban J connectivity index is 2.39. The summed E-state index contributed by atoms with van der Waals surface area (Å²) in [6, 6.07) is 6.67. The minimum atomic E-state index is 0.148. The van der Waals surface area contributed by atoms with Crippen LogP contribution < -0.4 is 10.2 Å². The maximum absolute atomic E-state index is 3.65. The number of halogens is 1. The molecule has 2 nitrogen and oxygen atoms in total. The zero-order valence-corrected chi connectivity index (χ0v) is 14.3. The number of nitrogens with one attached hydrogen (secondary N) is 1. The Bertz CT molecular complexity index is 466. The molecule has 0 amide bonds. The second-order valence-electron chi connectivity index (χ2n) is 6.89. The Morgan fingerprint density at radius 3 is 2.53 bits per heavy atom. The number of hydrogen-bond acceptors (Lipinski definition) is 2. The molecule has 1 aromatic carbocycles. The van der Waals surface area contributed by atoms with Crippen molar-refractivity contribution in [2.45, 2.75) is 52.1 Å². The average Bonchev–Trinajstić information content (AvgIpc) is 2.39. The first kappa shape index (κ1) is 14.9. The lowest BCUT2D eigenvalue weighted by Gasteiger charge is -2.41. The van der Waals surface area contributed by atoms with Gasteiger partial charge in [0.15, 0.2) is 0 Å². The summed E-state index contributed by atoms with van der Waals surface area (Å²) in [7, 11) is 0. The summed E-state index contributed by atoms with van der Waals surface area (Å²) in [5.74, 6) is 0. The monoisotopic (exact) mass is 324 g/mol. The second kappa shape index (κ2) is 5.10. The molecule has 3 heteroatoms. The molecule has 0 spiro atoms. The molecule has 1 aromatic rings. The molecule has 1 fully saturated rings. The molecule has 19 heavy (non-hydrogen) atoms. The number of anilines is 1. The molecule has 0 atom stereocenters. The first-order valence-corrected chi connectivity index (χ1v) is 7.79. The highest BCUT2D eigenvalue weighted by Crippen LogP contribution is 2.32. The van der Waals surface area contributed by atoms with E-state index in [2.05, 4.69) is 79.0 Å². The van der Waals surface area contributed by atoms with Crippen molar-refractivity contribution < 1.29 is 0 Å². The van der Waals surface area contributed by atoms with E-state index in [4.69, 9.17) is 0 Å². The van der Waals surface area contributed by atoms with Gasteiger partial charge in [-0.25, -0.2) is 0 Å². The van der Waals surface area contributed by atoms with Crippen LogP contribution >= 0.6 is 15.9 Å². The number of rotatable bonds is 1. The number of aryl methyl sites for hydroxylation is 1. The van der Waals surface area contributed by atoms with Gasteiger partial charge in [-0.05, 0) is 71.3 Å². The molecule has 0 saturated carbocycles. The van der Waals surface area contributed by atoms with E-state index in [0.717, 1.165) is 19.5 Å². The van der Waals surface area contributed by atoms with Crippen molar-refractivity contribution in [2.75, 3.05) is 18.0 Å². The second-order valence-corrected chi connectivity index (χ2v) is 7.75. The fraction of sp³-hybridized carbons (Fsp3) is 0.625. The normalized spacial score (nSPS) is 22.1. The molecule has 2 rings (SSSR count). The van der Waals surface area contributed by atoms with Crippen LogP contribution in [0.3, 0.4) is 0 Å². The number of benzene rings is 1. The predicted octanol–water partition coefficient (Wildman–Crippen LogP) is 4.11. The molecule has 0 aromatic heterocycles. The van der Waals surface area contributed by atoms with Crippen LogP contribution in [0.1, 0.15) is 39.7 Å². The third kappa shape index (κ3) is 3.32. The molecule has 1 aliphatic heterocycles. The van der Waals surface area contributed by atoms with E-state index in [1.165, 1.54) is 15.7 Å². The highest BCUT2D eigenvalue weighted by Gasteiger charge is 2.35. The van der Waals surface area contributed by atoms with Crippen LogP contribution in [0.5, 0.6) is 0 Å². The lowest BCUT2D eigenvalue weighted by molar-refractivity contribution is 0.409. The lowest BCUT2D eigenvalue weighted by atomic mass is 9.96. The third-order valence-corrected chi connectivity index (χ3v) is 4.97. The Morgan fingerprint density at radius 2 is 1.89 bits per heavy atom. The van der Waals surface area contributed by atoms with Crippen LogP contribution in [-0.2, 0) is 0 Å². The van der Waals surface area contributed by atoms with Crippen molar-refractivity contribution in [3.8, 4) is 0 Å². The van der Waals surface area contributed by atoms with E-state index in [-0.39, 0.29) is 11.1 Å². The Hall–Kier alpha value is -0.540. The van der Waals surface area contributed by atoms with Crippen LogP contribution in [0.4, 0.5) is 5.69 Å². The van der Waals surface area contributed by atoms with Gasteiger partial charge in [0.2, 0.25) is 0 Å². The molecular weight excluding hydrogens is 300 g/mol. The standard InChI is InChI=1S/C16H25BrN2/c1-12-10-13(6-7-14(12)17)19-11-15(2,3)18-9-8-16(19,4)5/h6-7,10,18H,8-9,11H2,1-5H3. The van der Waals surface area contributed by atoms with Gasteiger partial charge in [-0.3, -0.25) is 0 Å². The summed E-state index contributed by atoms with van der Waals surface area (Å²) in [5.41, 5.74) is 2.95. The van der Waals surface area contributed by atoms with Gasteiger partial charge >= 0.3 is 0 Å². The summed E-state index contributed by atoms with van der Waals surface area (Å²) >= 11 is 3.59. The zero-order chi connectivity index (χ0) is 14.3. The zero-order valence-electron chi connectivity index (χ0n) is 12.7. The fourth-order valence-electron chi connectivity index (χ4n) is 2.74. The first-order valence-electron chi connectivity index (χ1n) is 7.00. The topological polar surface area (TPSA) is 15.3 Å². The van der Waals surface area contributed by atoms with E-state index in [9.17, 15) is 0 Å². The van der Waals surface area contributed by atoms with Crippen molar-refractivity contribution >= 4 is 21.6 Å². The van der Waals surface area contributed by atoms with Crippen molar-refractivity contribution in [3.63, 3.8) is 0 Å². The quantitative estimate of drug-likeness (QED) is 0.836. The van der Waals surface area contributed by atoms with E-state index in [1.54, 1.807) is 0 Å². The molecule has 106 valence electrons. The number of nitrogens with zero attached hydrogens (tertiary/aromatic N) is 1. The molecule has 0 bridgehead atoms. The molecule has 0 unspecified atom stereocenters. The van der Waals surface area contributed by atoms with E-state index >= 15 is 0 Å². The van der Waals surface area contributed by atoms with Crippen molar-refractivity contribution in [2.24, 2.45) is 0 Å². The highest BCUT2D eigenvalue weighted by atomic mass is 79.9. The van der Waals surface area contributed by atoms with Crippen molar-refractivity contribution in [3.05, 3.63) is 28.2 Å². The first-order chi connectivity index (χ1) is 8.71. The third-order valence-electron chi connectivity index (χ3n) is 4.08. The fourth-order valence-corrected chi connectivity index (χ4v) is 2.99.